The standard InChI is InChI=1S/C26H38N6O2/c1-2-3-14-27-26-29-18-23(24(31-26)30-20-8-12-22(33)13-9-20)25(34)28-17-19-6-10-21(11-7-19)32-15-4-5-16-32/h6-7,10-11,18,20,22,33H,2-5,8-9,12-17H2,1H3,(H,28,34)(H2,27,29,30,31). The van der Waals surface area contributed by atoms with Gasteiger partial charge in [-0.1, -0.05) is 25.5 Å². The summed E-state index contributed by atoms with van der Waals surface area (Å²) in [6, 6.07) is 8.62. The molecular weight excluding hydrogens is 428 g/mol. The number of hydrogen-bond acceptors (Lipinski definition) is 7. The average Bonchev–Trinajstić information content (AvgIpc) is 3.40. The van der Waals surface area contributed by atoms with Gasteiger partial charge in [-0.2, -0.15) is 4.98 Å². The predicted molar refractivity (Wildman–Crippen MR) is 136 cm³/mol. The van der Waals surface area contributed by atoms with E-state index in [0.717, 1.165) is 63.7 Å². The second kappa shape index (κ2) is 12.0. The van der Waals surface area contributed by atoms with Gasteiger partial charge >= 0.3 is 0 Å². The Morgan fingerprint density at radius 3 is 2.56 bits per heavy atom. The normalized spacial score (nSPS) is 20.2. The first-order valence-corrected chi connectivity index (χ1v) is 12.8. The molecule has 1 aliphatic heterocycles. The molecular formula is C26H38N6O2. The fourth-order valence-electron chi connectivity index (χ4n) is 4.61. The highest BCUT2D eigenvalue weighted by Crippen LogP contribution is 2.24. The van der Waals surface area contributed by atoms with Crippen LogP contribution in [-0.2, 0) is 6.54 Å². The lowest BCUT2D eigenvalue weighted by Crippen LogP contribution is -2.31. The number of aromatic nitrogens is 2. The molecule has 4 N–H and O–H groups in total. The van der Waals surface area contributed by atoms with Gasteiger partial charge in [-0.3, -0.25) is 4.79 Å². The van der Waals surface area contributed by atoms with Crippen LogP contribution in [0.4, 0.5) is 17.5 Å². The van der Waals surface area contributed by atoms with Crippen molar-refractivity contribution >= 4 is 23.4 Å². The molecule has 2 heterocycles. The number of benzene rings is 1. The van der Waals surface area contributed by atoms with Gasteiger partial charge in [-0.05, 0) is 62.6 Å². The summed E-state index contributed by atoms with van der Waals surface area (Å²) < 4.78 is 0. The Morgan fingerprint density at radius 1 is 1.12 bits per heavy atom. The molecule has 8 heteroatoms. The summed E-state index contributed by atoms with van der Waals surface area (Å²) in [5.74, 6) is 0.889. The molecule has 0 bridgehead atoms. The highest BCUT2D eigenvalue weighted by molar-refractivity contribution is 5.98. The molecule has 0 atom stereocenters. The third-order valence-electron chi connectivity index (χ3n) is 6.74. The van der Waals surface area contributed by atoms with Crippen molar-refractivity contribution in [2.75, 3.05) is 35.2 Å². The van der Waals surface area contributed by atoms with Gasteiger partial charge < -0.3 is 26.0 Å². The Bertz CT molecular complexity index is 921. The first-order valence-electron chi connectivity index (χ1n) is 12.8. The number of aliphatic hydroxyl groups excluding tert-OH is 1. The average molecular weight is 467 g/mol. The Morgan fingerprint density at radius 2 is 1.85 bits per heavy atom. The molecule has 2 fully saturated rings. The Hall–Kier alpha value is -2.87. The summed E-state index contributed by atoms with van der Waals surface area (Å²) in [4.78, 5) is 24.5. The van der Waals surface area contributed by atoms with Gasteiger partial charge in [-0.25, -0.2) is 4.98 Å². The van der Waals surface area contributed by atoms with Crippen LogP contribution in [0, 0.1) is 0 Å². The van der Waals surface area contributed by atoms with Crippen LogP contribution in [0.5, 0.6) is 0 Å². The summed E-state index contributed by atoms with van der Waals surface area (Å²) in [5, 5.41) is 19.5. The van der Waals surface area contributed by atoms with Crippen molar-refractivity contribution in [1.29, 1.82) is 0 Å². The molecule has 1 aromatic heterocycles. The monoisotopic (exact) mass is 466 g/mol. The molecule has 2 aromatic rings. The molecule has 0 radical (unpaired) electrons. The second-order valence-corrected chi connectivity index (χ2v) is 9.43. The molecule has 8 nitrogen and oxygen atoms in total. The molecule has 1 saturated carbocycles. The molecule has 2 aliphatic rings. The number of rotatable bonds is 10. The lowest BCUT2D eigenvalue weighted by molar-refractivity contribution is 0.0950. The zero-order chi connectivity index (χ0) is 23.8. The number of nitrogens with one attached hydrogen (secondary N) is 3. The number of unbranched alkanes of at least 4 members (excludes halogenated alkanes) is 1. The van der Waals surface area contributed by atoms with E-state index < -0.39 is 0 Å². The molecule has 1 amide bonds. The largest absolute Gasteiger partial charge is 0.393 e. The van der Waals surface area contributed by atoms with Crippen molar-refractivity contribution in [1.82, 2.24) is 15.3 Å². The molecule has 34 heavy (non-hydrogen) atoms. The minimum atomic E-state index is -0.227. The van der Waals surface area contributed by atoms with Gasteiger partial charge in [0, 0.05) is 44.1 Å². The maximum absolute atomic E-state index is 13.1. The quantitative estimate of drug-likeness (QED) is 0.394. The first kappa shape index (κ1) is 24.3. The summed E-state index contributed by atoms with van der Waals surface area (Å²) in [6.07, 6.45) is 9.24. The summed E-state index contributed by atoms with van der Waals surface area (Å²) in [7, 11) is 0. The van der Waals surface area contributed by atoms with Gasteiger partial charge in [0.15, 0.2) is 0 Å². The van der Waals surface area contributed by atoms with E-state index in [1.165, 1.54) is 18.5 Å². The molecule has 1 saturated heterocycles. The smallest absolute Gasteiger partial charge is 0.256 e. The van der Waals surface area contributed by atoms with E-state index in [1.54, 1.807) is 6.20 Å². The summed E-state index contributed by atoms with van der Waals surface area (Å²) in [5.41, 5.74) is 2.75. The molecule has 1 aromatic carbocycles. The second-order valence-electron chi connectivity index (χ2n) is 9.43. The number of carbonyl (C=O) groups is 1. The molecule has 0 unspecified atom stereocenters. The van der Waals surface area contributed by atoms with Crippen LogP contribution in [0.1, 0.15) is 74.2 Å². The van der Waals surface area contributed by atoms with Crippen LogP contribution in [0.25, 0.3) is 0 Å². The number of nitrogens with zero attached hydrogens (tertiary/aromatic N) is 3. The van der Waals surface area contributed by atoms with Gasteiger partial charge in [0.2, 0.25) is 5.95 Å². The van der Waals surface area contributed by atoms with Gasteiger partial charge in [-0.15, -0.1) is 0 Å². The van der Waals surface area contributed by atoms with E-state index in [-0.39, 0.29) is 18.1 Å². The summed E-state index contributed by atoms with van der Waals surface area (Å²) in [6.45, 7) is 5.62. The van der Waals surface area contributed by atoms with Crippen LogP contribution < -0.4 is 20.9 Å². The van der Waals surface area contributed by atoms with Crippen LogP contribution in [0.2, 0.25) is 0 Å². The number of anilines is 3. The third-order valence-corrected chi connectivity index (χ3v) is 6.74. The number of hydrogen-bond donors (Lipinski definition) is 4. The van der Waals surface area contributed by atoms with Crippen LogP contribution in [0.15, 0.2) is 30.5 Å². The number of aliphatic hydroxyl groups is 1. The van der Waals surface area contributed by atoms with E-state index in [2.05, 4.69) is 62.0 Å². The Labute approximate surface area is 202 Å². The van der Waals surface area contributed by atoms with Gasteiger partial charge in [0.1, 0.15) is 11.4 Å². The van der Waals surface area contributed by atoms with Crippen molar-refractivity contribution < 1.29 is 9.90 Å². The van der Waals surface area contributed by atoms with Crippen LogP contribution in [0.3, 0.4) is 0 Å². The topological polar surface area (TPSA) is 102 Å². The number of carbonyl (C=O) groups excluding carboxylic acids is 1. The van der Waals surface area contributed by atoms with Gasteiger partial charge in [0.05, 0.1) is 6.10 Å². The molecule has 4 rings (SSSR count). The Kier molecular flexibility index (Phi) is 8.57. The van der Waals surface area contributed by atoms with Crippen LogP contribution in [-0.4, -0.2) is 52.8 Å². The SMILES string of the molecule is CCCCNc1ncc(C(=O)NCc2ccc(N3CCCC3)cc2)c(NC2CCC(O)CC2)n1. The minimum absolute atomic E-state index is 0.187. The molecule has 0 spiro atoms. The van der Waals surface area contributed by atoms with E-state index in [1.807, 2.05) is 0 Å². The van der Waals surface area contributed by atoms with Crippen molar-refractivity contribution in [2.45, 2.75) is 77.0 Å². The maximum Gasteiger partial charge on any atom is 0.256 e. The predicted octanol–water partition coefficient (Wildman–Crippen LogP) is 3.93. The minimum Gasteiger partial charge on any atom is -0.393 e. The fraction of sp³-hybridized carbons (Fsp3) is 0.577. The highest BCUT2D eigenvalue weighted by atomic mass is 16.3. The lowest BCUT2D eigenvalue weighted by atomic mass is 9.93. The zero-order valence-electron chi connectivity index (χ0n) is 20.2. The number of amides is 1. The molecule has 1 aliphatic carbocycles. The van der Waals surface area contributed by atoms with Crippen molar-refractivity contribution in [3.8, 4) is 0 Å². The molecule has 184 valence electrons. The van der Waals surface area contributed by atoms with Gasteiger partial charge in [0.25, 0.3) is 5.91 Å². The first-order chi connectivity index (χ1) is 16.6. The van der Waals surface area contributed by atoms with E-state index >= 15 is 0 Å². The fourth-order valence-corrected chi connectivity index (χ4v) is 4.61. The van der Waals surface area contributed by atoms with E-state index in [0.29, 0.717) is 23.9 Å². The van der Waals surface area contributed by atoms with E-state index in [4.69, 9.17) is 0 Å². The van der Waals surface area contributed by atoms with Crippen molar-refractivity contribution in [3.63, 3.8) is 0 Å². The van der Waals surface area contributed by atoms with Crippen molar-refractivity contribution in [3.05, 3.63) is 41.6 Å². The van der Waals surface area contributed by atoms with Crippen molar-refractivity contribution in [2.24, 2.45) is 0 Å². The van der Waals surface area contributed by atoms with Crippen LogP contribution >= 0.6 is 0 Å². The lowest BCUT2D eigenvalue weighted by Gasteiger charge is -2.27. The van der Waals surface area contributed by atoms with E-state index in [9.17, 15) is 9.90 Å². The highest BCUT2D eigenvalue weighted by Gasteiger charge is 2.22. The summed E-state index contributed by atoms with van der Waals surface area (Å²) >= 11 is 0. The zero-order valence-corrected chi connectivity index (χ0v) is 20.2. The maximum atomic E-state index is 13.1. The Balaban J connectivity index is 1.41. The third kappa shape index (κ3) is 6.59.